The van der Waals surface area contributed by atoms with Crippen molar-refractivity contribution in [1.82, 2.24) is 10.2 Å². The summed E-state index contributed by atoms with van der Waals surface area (Å²) < 4.78 is 17.4. The van der Waals surface area contributed by atoms with Crippen LogP contribution in [0, 0.1) is 0 Å². The molecule has 27 heavy (non-hydrogen) atoms. The van der Waals surface area contributed by atoms with E-state index < -0.39 is 0 Å². The molecule has 6 nitrogen and oxygen atoms in total. The van der Waals surface area contributed by atoms with Gasteiger partial charge in [0.2, 0.25) is 0 Å². The first-order valence-electron chi connectivity index (χ1n) is 8.38. The van der Waals surface area contributed by atoms with Crippen LogP contribution in [-0.2, 0) is 16.1 Å². The third-order valence-electron chi connectivity index (χ3n) is 3.87. The van der Waals surface area contributed by atoms with Crippen molar-refractivity contribution < 1.29 is 18.7 Å². The Morgan fingerprint density at radius 2 is 2.11 bits per heavy atom. The summed E-state index contributed by atoms with van der Waals surface area (Å²) in [5.41, 5.74) is 0.394. The maximum atomic E-state index is 12.5. The molecule has 1 aliphatic rings. The van der Waals surface area contributed by atoms with Crippen LogP contribution in [0.15, 0.2) is 51.0 Å². The zero-order valence-corrected chi connectivity index (χ0v) is 17.1. The van der Waals surface area contributed by atoms with Gasteiger partial charge in [-0.25, -0.2) is 0 Å². The van der Waals surface area contributed by atoms with Gasteiger partial charge in [-0.2, -0.15) is 0 Å². The van der Waals surface area contributed by atoms with Gasteiger partial charge in [-0.1, -0.05) is 12.1 Å². The van der Waals surface area contributed by atoms with Crippen molar-refractivity contribution in [2.45, 2.75) is 13.0 Å². The number of carbonyl (C=O) groups is 1. The lowest BCUT2D eigenvalue weighted by Crippen LogP contribution is -2.32. The standard InChI is InChI=1S/C19H19BrN2O4S/c1-24-10-4-9-22-18(23)16(21-19(22)27)11-13-7-8-14(26-13)12-25-17-6-3-2-5-15(17)20/h2-3,5-8,11H,4,9-10,12H2,1H3,(H,21,27)/b16-11+. The van der Waals surface area contributed by atoms with E-state index in [1.807, 2.05) is 30.3 Å². The molecule has 0 unspecified atom stereocenters. The van der Waals surface area contributed by atoms with Crippen LogP contribution in [0.2, 0.25) is 0 Å². The Morgan fingerprint density at radius 1 is 1.30 bits per heavy atom. The first-order valence-corrected chi connectivity index (χ1v) is 9.58. The maximum Gasteiger partial charge on any atom is 0.276 e. The Bertz CT molecular complexity index is 865. The molecule has 3 rings (SSSR count). The Morgan fingerprint density at radius 3 is 2.89 bits per heavy atom. The fraction of sp³-hybridized carbons (Fsp3) is 0.263. The molecule has 0 radical (unpaired) electrons. The molecule has 1 aromatic carbocycles. The first kappa shape index (κ1) is 19.6. The zero-order valence-electron chi connectivity index (χ0n) is 14.7. The Balaban J connectivity index is 1.62. The highest BCUT2D eigenvalue weighted by Gasteiger charge is 2.30. The zero-order chi connectivity index (χ0) is 19.2. The van der Waals surface area contributed by atoms with Crippen molar-refractivity contribution in [3.63, 3.8) is 0 Å². The van der Waals surface area contributed by atoms with E-state index in [0.29, 0.717) is 41.9 Å². The summed E-state index contributed by atoms with van der Waals surface area (Å²) in [6, 6.07) is 11.2. The minimum absolute atomic E-state index is 0.168. The number of benzene rings is 1. The molecule has 142 valence electrons. The quantitative estimate of drug-likeness (QED) is 0.375. The predicted octanol–water partition coefficient (Wildman–Crippen LogP) is 3.72. The van der Waals surface area contributed by atoms with Crippen molar-refractivity contribution in [3.05, 3.63) is 58.1 Å². The molecule has 0 bridgehead atoms. The van der Waals surface area contributed by atoms with Gasteiger partial charge in [0.25, 0.3) is 5.91 Å². The molecular formula is C19H19BrN2O4S. The van der Waals surface area contributed by atoms with Crippen molar-refractivity contribution in [2.75, 3.05) is 20.3 Å². The first-order chi connectivity index (χ1) is 13.1. The van der Waals surface area contributed by atoms with E-state index in [1.165, 1.54) is 4.90 Å². The molecule has 1 saturated heterocycles. The number of hydrogen-bond donors (Lipinski definition) is 1. The number of amides is 1. The van der Waals surface area contributed by atoms with Crippen LogP contribution >= 0.6 is 28.1 Å². The molecule has 8 heteroatoms. The number of furan rings is 1. The number of para-hydroxylation sites is 1. The molecule has 0 aliphatic carbocycles. The number of thiocarbonyl (C=S) groups is 1. The van der Waals surface area contributed by atoms with Crippen LogP contribution in [0.5, 0.6) is 5.75 Å². The fourth-order valence-corrected chi connectivity index (χ4v) is 3.23. The molecule has 0 atom stereocenters. The summed E-state index contributed by atoms with van der Waals surface area (Å²) in [6.45, 7) is 1.37. The fourth-order valence-electron chi connectivity index (χ4n) is 2.54. The van der Waals surface area contributed by atoms with E-state index in [1.54, 1.807) is 19.3 Å². The molecule has 1 aliphatic heterocycles. The molecular weight excluding hydrogens is 432 g/mol. The van der Waals surface area contributed by atoms with Crippen LogP contribution in [0.1, 0.15) is 17.9 Å². The third-order valence-corrected chi connectivity index (χ3v) is 4.85. The number of ether oxygens (including phenoxy) is 2. The van der Waals surface area contributed by atoms with Crippen LogP contribution in [-0.4, -0.2) is 36.2 Å². The molecule has 0 saturated carbocycles. The average molecular weight is 451 g/mol. The minimum Gasteiger partial charge on any atom is -0.484 e. The van der Waals surface area contributed by atoms with E-state index in [9.17, 15) is 4.79 Å². The lowest BCUT2D eigenvalue weighted by molar-refractivity contribution is -0.122. The summed E-state index contributed by atoms with van der Waals surface area (Å²) in [6.07, 6.45) is 2.36. The van der Waals surface area contributed by atoms with Gasteiger partial charge in [0.15, 0.2) is 5.11 Å². The van der Waals surface area contributed by atoms with E-state index in [4.69, 9.17) is 26.1 Å². The lowest BCUT2D eigenvalue weighted by Gasteiger charge is -2.12. The van der Waals surface area contributed by atoms with Gasteiger partial charge in [-0.3, -0.25) is 9.69 Å². The number of nitrogens with one attached hydrogen (secondary N) is 1. The summed E-state index contributed by atoms with van der Waals surface area (Å²) in [5.74, 6) is 1.78. The van der Waals surface area contributed by atoms with Gasteiger partial charge in [0.1, 0.15) is 29.6 Å². The van der Waals surface area contributed by atoms with Gasteiger partial charge in [-0.05, 0) is 58.8 Å². The second-order valence-corrected chi connectivity index (χ2v) is 7.06. The van der Waals surface area contributed by atoms with Gasteiger partial charge in [0.05, 0.1) is 4.47 Å². The highest BCUT2D eigenvalue weighted by molar-refractivity contribution is 9.10. The highest BCUT2D eigenvalue weighted by Crippen LogP contribution is 2.25. The number of methoxy groups -OCH3 is 1. The summed E-state index contributed by atoms with van der Waals surface area (Å²) in [4.78, 5) is 14.0. The molecule has 1 fully saturated rings. The molecule has 0 spiro atoms. The van der Waals surface area contributed by atoms with Crippen molar-refractivity contribution in [1.29, 1.82) is 0 Å². The number of halogens is 1. The molecule has 1 aromatic heterocycles. The normalized spacial score (nSPS) is 15.5. The number of carbonyl (C=O) groups excluding carboxylic acids is 1. The molecule has 2 aromatic rings. The van der Waals surface area contributed by atoms with Gasteiger partial charge < -0.3 is 19.2 Å². The third kappa shape index (κ3) is 4.97. The minimum atomic E-state index is -0.168. The van der Waals surface area contributed by atoms with Crippen molar-refractivity contribution in [2.24, 2.45) is 0 Å². The van der Waals surface area contributed by atoms with Gasteiger partial charge >= 0.3 is 0 Å². The van der Waals surface area contributed by atoms with E-state index in [-0.39, 0.29) is 12.5 Å². The Kier molecular flexibility index (Phi) is 6.65. The largest absolute Gasteiger partial charge is 0.484 e. The number of hydrogen-bond acceptors (Lipinski definition) is 5. The smallest absolute Gasteiger partial charge is 0.276 e. The summed E-state index contributed by atoms with van der Waals surface area (Å²) in [5, 5.41) is 3.33. The molecule has 2 heterocycles. The SMILES string of the molecule is COCCCN1C(=O)/C(=C\c2ccc(COc3ccccc3Br)o2)NC1=S. The summed E-state index contributed by atoms with van der Waals surface area (Å²) in [7, 11) is 1.63. The number of rotatable bonds is 8. The van der Waals surface area contributed by atoms with Crippen molar-refractivity contribution >= 4 is 45.2 Å². The van der Waals surface area contributed by atoms with Gasteiger partial charge in [-0.15, -0.1) is 0 Å². The van der Waals surface area contributed by atoms with Crippen molar-refractivity contribution in [3.8, 4) is 5.75 Å². The Hall–Kier alpha value is -2.16. The monoisotopic (exact) mass is 450 g/mol. The molecule has 1 N–H and O–H groups in total. The van der Waals surface area contributed by atoms with E-state index >= 15 is 0 Å². The predicted molar refractivity (Wildman–Crippen MR) is 109 cm³/mol. The second kappa shape index (κ2) is 9.16. The van der Waals surface area contributed by atoms with Crippen LogP contribution in [0.25, 0.3) is 6.08 Å². The topological polar surface area (TPSA) is 63.9 Å². The second-order valence-electron chi connectivity index (χ2n) is 5.81. The highest BCUT2D eigenvalue weighted by atomic mass is 79.9. The van der Waals surface area contributed by atoms with E-state index in [0.717, 1.165) is 10.2 Å². The van der Waals surface area contributed by atoms with Gasteiger partial charge in [0, 0.05) is 26.3 Å². The lowest BCUT2D eigenvalue weighted by atomic mass is 10.3. The average Bonchev–Trinajstić information content (AvgIpc) is 3.21. The molecule has 1 amide bonds. The maximum absolute atomic E-state index is 12.5. The van der Waals surface area contributed by atoms with Crippen LogP contribution < -0.4 is 10.1 Å². The summed E-state index contributed by atoms with van der Waals surface area (Å²) >= 11 is 8.67. The van der Waals surface area contributed by atoms with Crippen LogP contribution in [0.3, 0.4) is 0 Å². The number of nitrogens with zero attached hydrogens (tertiary/aromatic N) is 1. The van der Waals surface area contributed by atoms with E-state index in [2.05, 4.69) is 21.2 Å². The van der Waals surface area contributed by atoms with Crippen LogP contribution in [0.4, 0.5) is 0 Å². The Labute approximate surface area is 171 Å².